The van der Waals surface area contributed by atoms with Crippen molar-refractivity contribution in [2.75, 3.05) is 9.80 Å². The van der Waals surface area contributed by atoms with Gasteiger partial charge in [-0.05, 0) is 220 Å². The molecule has 0 atom stereocenters. The van der Waals surface area contributed by atoms with Crippen molar-refractivity contribution in [1.29, 1.82) is 0 Å². The predicted molar refractivity (Wildman–Crippen MR) is 435 cm³/mol. The number of aromatic nitrogens is 2. The van der Waals surface area contributed by atoms with Crippen molar-refractivity contribution < 1.29 is 8.83 Å². The van der Waals surface area contributed by atoms with Gasteiger partial charge in [0.25, 0.3) is 0 Å². The second kappa shape index (κ2) is 26.3. The van der Waals surface area contributed by atoms with Crippen molar-refractivity contribution in [3.8, 4) is 67.4 Å². The second-order valence-electron chi connectivity index (χ2n) is 26.4. The van der Waals surface area contributed by atoms with Gasteiger partial charge in [-0.15, -0.1) is 0 Å². The van der Waals surface area contributed by atoms with Crippen LogP contribution in [0.3, 0.4) is 0 Å². The number of hydrogen-bond donors (Lipinski definition) is 0. The van der Waals surface area contributed by atoms with Gasteiger partial charge in [-0.3, -0.25) is 0 Å². The molecule has 0 bridgehead atoms. The Kier molecular flexibility index (Phi) is 15.5. The third kappa shape index (κ3) is 11.6. The molecule has 2 aromatic heterocycles. The number of nitrogens with zero attached hydrogens (tertiary/aromatic N) is 4. The number of benzene rings is 18. The van der Waals surface area contributed by atoms with E-state index >= 15 is 0 Å². The van der Waals surface area contributed by atoms with Crippen LogP contribution in [0.15, 0.2) is 397 Å². The molecule has 0 aliphatic rings. The third-order valence-electron chi connectivity index (χ3n) is 20.1. The highest BCUT2D eigenvalue weighted by atomic mass is 16.4. The quantitative estimate of drug-likeness (QED) is 0.114. The van der Waals surface area contributed by atoms with Gasteiger partial charge in [0.05, 0.1) is 0 Å². The Morgan fingerprint density at radius 1 is 0.202 bits per heavy atom. The van der Waals surface area contributed by atoms with E-state index in [-0.39, 0.29) is 0 Å². The number of anilines is 6. The second-order valence-corrected chi connectivity index (χ2v) is 26.4. The lowest BCUT2D eigenvalue weighted by atomic mass is 9.96. The lowest BCUT2D eigenvalue weighted by Crippen LogP contribution is -2.09. The van der Waals surface area contributed by atoms with Crippen LogP contribution in [0, 0.1) is 0 Å². The average Bonchev–Trinajstić information content (AvgIpc) is 1.77. The molecule has 18 aromatic carbocycles. The summed E-state index contributed by atoms with van der Waals surface area (Å²) in [5.74, 6) is 1.28. The van der Waals surface area contributed by atoms with E-state index in [1.54, 1.807) is 0 Å². The van der Waals surface area contributed by atoms with Crippen molar-refractivity contribution in [2.45, 2.75) is 0 Å². The van der Waals surface area contributed by atoms with Crippen LogP contribution < -0.4 is 9.80 Å². The molecular formula is C98H64N4O2. The maximum absolute atomic E-state index is 6.49. The Morgan fingerprint density at radius 2 is 0.558 bits per heavy atom. The number of oxazole rings is 2. The van der Waals surface area contributed by atoms with Crippen molar-refractivity contribution in [3.63, 3.8) is 0 Å². The lowest BCUT2D eigenvalue weighted by molar-refractivity contribution is 0.620. The van der Waals surface area contributed by atoms with E-state index in [0.29, 0.717) is 11.8 Å². The Balaban J connectivity index is 0.000000143. The van der Waals surface area contributed by atoms with E-state index in [9.17, 15) is 0 Å². The Hall–Kier alpha value is -13.9. The highest BCUT2D eigenvalue weighted by Crippen LogP contribution is 2.44. The van der Waals surface area contributed by atoms with Crippen molar-refractivity contribution in [2.24, 2.45) is 0 Å². The molecule has 2 heterocycles. The minimum absolute atomic E-state index is 0.637. The van der Waals surface area contributed by atoms with Gasteiger partial charge in [-0.1, -0.05) is 267 Å². The van der Waals surface area contributed by atoms with Crippen LogP contribution >= 0.6 is 0 Å². The summed E-state index contributed by atoms with van der Waals surface area (Å²) >= 11 is 0. The molecule has 0 aliphatic carbocycles. The Labute approximate surface area is 601 Å². The van der Waals surface area contributed by atoms with Gasteiger partial charge in [0.2, 0.25) is 11.8 Å². The van der Waals surface area contributed by atoms with Gasteiger partial charge in [0.1, 0.15) is 11.0 Å². The molecule has 0 N–H and O–H groups in total. The van der Waals surface area contributed by atoms with E-state index in [2.05, 4.69) is 331 Å². The highest BCUT2D eigenvalue weighted by molar-refractivity contribution is 6.20. The SMILES string of the molecule is c1ccc(-c2ccc(N(c3ccc(-c4ccc5c(ccc6ccc7oc(-c8ccccc8)nc7c65)c4)cc3)c3ccc4ccccc4c3)cc2)cc1.c1ccc(-c2ccc(N(c3ccc(-c4ccc5ccc6ccc7nc(-c8ccccc8)oc7c6c5c4)cc3)c3ccc4ccccc4c3)cc2)cc1. The molecule has 0 saturated heterocycles. The fourth-order valence-electron chi connectivity index (χ4n) is 14.8. The molecule has 0 amide bonds. The van der Waals surface area contributed by atoms with E-state index < -0.39 is 0 Å². The minimum atomic E-state index is 0.637. The summed E-state index contributed by atoms with van der Waals surface area (Å²) in [6.45, 7) is 0. The first-order valence-corrected chi connectivity index (χ1v) is 35.2. The maximum atomic E-state index is 6.49. The Bertz CT molecular complexity index is 6560. The zero-order valence-corrected chi connectivity index (χ0v) is 56.6. The van der Waals surface area contributed by atoms with Crippen molar-refractivity contribution >= 4 is 121 Å². The van der Waals surface area contributed by atoms with Crippen LogP contribution in [0.4, 0.5) is 34.1 Å². The highest BCUT2D eigenvalue weighted by Gasteiger charge is 2.20. The van der Waals surface area contributed by atoms with Gasteiger partial charge < -0.3 is 18.6 Å². The number of hydrogen-bond acceptors (Lipinski definition) is 6. The van der Waals surface area contributed by atoms with Gasteiger partial charge in [-0.2, -0.15) is 0 Å². The summed E-state index contributed by atoms with van der Waals surface area (Å²) < 4.78 is 12.7. The Morgan fingerprint density at radius 3 is 1.08 bits per heavy atom. The number of rotatable bonds is 12. The fourth-order valence-corrected chi connectivity index (χ4v) is 14.8. The first kappa shape index (κ1) is 61.2. The maximum Gasteiger partial charge on any atom is 0.227 e. The van der Waals surface area contributed by atoms with Crippen LogP contribution in [0.2, 0.25) is 0 Å². The first-order chi connectivity index (χ1) is 51.5. The molecule has 0 aliphatic heterocycles. The zero-order chi connectivity index (χ0) is 68.9. The summed E-state index contributed by atoms with van der Waals surface area (Å²) in [7, 11) is 0. The van der Waals surface area contributed by atoms with Crippen LogP contribution in [0.25, 0.3) is 154 Å². The smallest absolute Gasteiger partial charge is 0.227 e. The molecule has 6 heteroatoms. The standard InChI is InChI=1S/2C49H32N2O/c1-3-9-33(10-4-1)35-19-25-42(26-20-35)51(44-29-23-34-11-7-8-14-40(34)31-44)43-27-21-36(22-28-43)41-18-16-37-15-17-38-24-30-46-48(47(38)45(37)32-41)52-49(50-46)39-12-5-2-6-13-39;1-3-9-33(10-4-1)35-17-24-42(25-18-35)51(44-28-21-34-11-7-8-14-39(34)32-44)43-26-19-36(20-27-43)40-22-29-45-41(31-40)16-15-37-23-30-46-48(47(37)45)50-49(52-46)38-12-5-2-6-13-38/h2*1-32H. The fraction of sp³-hybridized carbons (Fsp3) is 0. The monoisotopic (exact) mass is 1330 g/mol. The zero-order valence-electron chi connectivity index (χ0n) is 56.6. The molecule has 0 radical (unpaired) electrons. The molecule has 6 nitrogen and oxygen atoms in total. The third-order valence-corrected chi connectivity index (χ3v) is 20.1. The summed E-state index contributed by atoms with van der Waals surface area (Å²) in [6, 6.07) is 138. The van der Waals surface area contributed by atoms with Gasteiger partial charge in [0, 0.05) is 56.0 Å². The van der Waals surface area contributed by atoms with Crippen LogP contribution in [0.5, 0.6) is 0 Å². The molecule has 0 fully saturated rings. The minimum Gasteiger partial charge on any atom is -0.436 e. The molecule has 0 saturated carbocycles. The van der Waals surface area contributed by atoms with Gasteiger partial charge >= 0.3 is 0 Å². The summed E-state index contributed by atoms with van der Waals surface area (Å²) in [6.07, 6.45) is 0. The van der Waals surface area contributed by atoms with E-state index in [4.69, 9.17) is 18.8 Å². The van der Waals surface area contributed by atoms with Crippen molar-refractivity contribution in [1.82, 2.24) is 9.97 Å². The van der Waals surface area contributed by atoms with E-state index in [0.717, 1.165) is 116 Å². The largest absolute Gasteiger partial charge is 0.436 e. The van der Waals surface area contributed by atoms with Crippen LogP contribution in [-0.4, -0.2) is 9.97 Å². The molecule has 0 unspecified atom stereocenters. The van der Waals surface area contributed by atoms with E-state index in [1.807, 2.05) is 66.7 Å². The van der Waals surface area contributed by atoms with Gasteiger partial charge in [-0.25, -0.2) is 9.97 Å². The summed E-state index contributed by atoms with van der Waals surface area (Å²) in [4.78, 5) is 14.5. The normalized spacial score (nSPS) is 11.5. The van der Waals surface area contributed by atoms with Crippen LogP contribution in [0.1, 0.15) is 0 Å². The molecule has 20 aromatic rings. The molecule has 488 valence electrons. The topological polar surface area (TPSA) is 58.5 Å². The van der Waals surface area contributed by atoms with Crippen LogP contribution in [-0.2, 0) is 0 Å². The molecule has 0 spiro atoms. The first-order valence-electron chi connectivity index (χ1n) is 35.2. The summed E-state index contributed by atoms with van der Waals surface area (Å²) in [5, 5.41) is 14.0. The molecular weight excluding hydrogens is 1270 g/mol. The average molecular weight is 1330 g/mol. The van der Waals surface area contributed by atoms with E-state index in [1.165, 1.54) is 60.1 Å². The number of fused-ring (bicyclic) bond motifs is 12. The molecule has 20 rings (SSSR count). The molecule has 104 heavy (non-hydrogen) atoms. The predicted octanol–water partition coefficient (Wildman–Crippen LogP) is 27.5. The summed E-state index contributed by atoms with van der Waals surface area (Å²) in [5.41, 5.74) is 21.4. The van der Waals surface area contributed by atoms with Gasteiger partial charge in [0.15, 0.2) is 11.2 Å². The lowest BCUT2D eigenvalue weighted by Gasteiger charge is -2.26. The van der Waals surface area contributed by atoms with Crippen molar-refractivity contribution in [3.05, 3.63) is 388 Å².